The molecule has 2 unspecified atom stereocenters. The molecule has 2 atom stereocenters. The number of quaternary nitrogens is 1. The van der Waals surface area contributed by atoms with Crippen molar-refractivity contribution in [3.63, 3.8) is 0 Å². The normalized spacial score (nSPS) is 14.1. The van der Waals surface area contributed by atoms with Crippen molar-refractivity contribution in [3.05, 3.63) is 60.8 Å². The first-order valence-corrected chi connectivity index (χ1v) is 24.5. The molecule has 0 spiro atoms. The zero-order valence-corrected chi connectivity index (χ0v) is 38.6. The predicted molar refractivity (Wildman–Crippen MR) is 240 cm³/mol. The number of carbonyl (C=O) groups excluding carboxylic acids is 2. The summed E-state index contributed by atoms with van der Waals surface area (Å²) in [6.45, 7) is 4.03. The van der Waals surface area contributed by atoms with Crippen LogP contribution in [0.3, 0.4) is 0 Å². The Bertz CT molecular complexity index is 1170. The molecular formula is C48H86NO8P. The van der Waals surface area contributed by atoms with Gasteiger partial charge in [-0.3, -0.25) is 14.2 Å². The van der Waals surface area contributed by atoms with Crippen LogP contribution in [0.25, 0.3) is 0 Å². The first-order chi connectivity index (χ1) is 28.0. The summed E-state index contributed by atoms with van der Waals surface area (Å²) in [5.74, 6) is -0.888. The summed E-state index contributed by atoms with van der Waals surface area (Å²) in [5.41, 5.74) is 0. The Hall–Kier alpha value is -2.29. The van der Waals surface area contributed by atoms with Crippen LogP contribution in [0.4, 0.5) is 0 Å². The van der Waals surface area contributed by atoms with Crippen molar-refractivity contribution in [1.82, 2.24) is 0 Å². The Labute approximate surface area is 356 Å². The second kappa shape index (κ2) is 40.1. The second-order valence-corrected chi connectivity index (χ2v) is 17.9. The van der Waals surface area contributed by atoms with Crippen molar-refractivity contribution in [2.45, 2.75) is 187 Å². The Kier molecular flexibility index (Phi) is 38.5. The Morgan fingerprint density at radius 1 is 0.552 bits per heavy atom. The van der Waals surface area contributed by atoms with Crippen LogP contribution < -0.4 is 4.89 Å². The van der Waals surface area contributed by atoms with E-state index in [1.54, 1.807) is 0 Å². The highest BCUT2D eigenvalue weighted by atomic mass is 31.2. The summed E-state index contributed by atoms with van der Waals surface area (Å²) in [7, 11) is 1.13. The van der Waals surface area contributed by atoms with Gasteiger partial charge in [-0.05, 0) is 57.8 Å². The summed E-state index contributed by atoms with van der Waals surface area (Å²) in [6.07, 6.45) is 48.3. The van der Waals surface area contributed by atoms with Gasteiger partial charge in [-0.1, -0.05) is 171 Å². The lowest BCUT2D eigenvalue weighted by Crippen LogP contribution is -2.37. The fraction of sp³-hybridized carbons (Fsp3) is 0.750. The van der Waals surface area contributed by atoms with Crippen molar-refractivity contribution < 1.29 is 42.1 Å². The standard InChI is InChI=1S/C48H86NO8P/c1-6-8-10-12-14-16-18-20-21-22-23-24-25-26-27-29-30-32-34-36-38-40-47(50)54-44-46(45-56-58(52,53)55-43-42-49(3,4)5)57-48(51)41-39-37-35-33-31-28-19-17-15-13-11-9-7-2/h9,11,13,15,17,19,24-25,28,31,46H,6-8,10,12,14,16,18,20-23,26-27,29-30,32-45H2,1-5H3/b11-9+,15-13+,19-17+,25-24+,31-28+. The zero-order valence-electron chi connectivity index (χ0n) is 37.7. The van der Waals surface area contributed by atoms with E-state index in [0.717, 1.165) is 57.8 Å². The van der Waals surface area contributed by atoms with Crippen LogP contribution in [-0.2, 0) is 32.7 Å². The average Bonchev–Trinajstić information content (AvgIpc) is 3.17. The lowest BCUT2D eigenvalue weighted by atomic mass is 10.1. The van der Waals surface area contributed by atoms with Gasteiger partial charge in [0.25, 0.3) is 7.82 Å². The third kappa shape index (κ3) is 43.3. The number of rotatable bonds is 41. The van der Waals surface area contributed by atoms with Crippen molar-refractivity contribution in [1.29, 1.82) is 0 Å². The number of allylic oxidation sites excluding steroid dienone is 10. The zero-order chi connectivity index (χ0) is 42.8. The fourth-order valence-corrected chi connectivity index (χ4v) is 6.74. The van der Waals surface area contributed by atoms with E-state index in [4.69, 9.17) is 18.5 Å². The van der Waals surface area contributed by atoms with Crippen molar-refractivity contribution in [2.24, 2.45) is 0 Å². The molecule has 0 aliphatic carbocycles. The lowest BCUT2D eigenvalue weighted by molar-refractivity contribution is -0.870. The minimum absolute atomic E-state index is 0.0419. The maximum atomic E-state index is 12.6. The van der Waals surface area contributed by atoms with Gasteiger partial charge in [-0.2, -0.15) is 0 Å². The predicted octanol–water partition coefficient (Wildman–Crippen LogP) is 12.6. The van der Waals surface area contributed by atoms with Gasteiger partial charge in [0, 0.05) is 12.8 Å². The molecule has 10 heteroatoms. The molecule has 58 heavy (non-hydrogen) atoms. The molecule has 0 bridgehead atoms. The van der Waals surface area contributed by atoms with E-state index in [1.807, 2.05) is 57.6 Å². The van der Waals surface area contributed by atoms with E-state index in [1.165, 1.54) is 89.9 Å². The molecule has 0 aromatic rings. The molecule has 0 rings (SSSR count). The second-order valence-electron chi connectivity index (χ2n) is 16.5. The van der Waals surface area contributed by atoms with E-state index in [2.05, 4.69) is 38.2 Å². The Morgan fingerprint density at radius 2 is 1.00 bits per heavy atom. The van der Waals surface area contributed by atoms with Crippen LogP contribution in [-0.4, -0.2) is 70.0 Å². The van der Waals surface area contributed by atoms with Gasteiger partial charge >= 0.3 is 11.9 Å². The molecule has 0 heterocycles. The number of carbonyl (C=O) groups is 2. The first kappa shape index (κ1) is 55.7. The van der Waals surface area contributed by atoms with Gasteiger partial charge < -0.3 is 27.9 Å². The largest absolute Gasteiger partial charge is 0.756 e. The van der Waals surface area contributed by atoms with Crippen LogP contribution in [0.5, 0.6) is 0 Å². The number of nitrogens with zero attached hydrogens (tertiary/aromatic N) is 1. The van der Waals surface area contributed by atoms with Crippen LogP contribution >= 0.6 is 7.82 Å². The molecule has 336 valence electrons. The highest BCUT2D eigenvalue weighted by molar-refractivity contribution is 7.45. The van der Waals surface area contributed by atoms with Crippen LogP contribution in [0.2, 0.25) is 0 Å². The first-order valence-electron chi connectivity index (χ1n) is 23.0. The van der Waals surface area contributed by atoms with E-state index in [-0.39, 0.29) is 26.1 Å². The molecule has 0 saturated heterocycles. The molecule has 0 fully saturated rings. The number of hydrogen-bond acceptors (Lipinski definition) is 8. The van der Waals surface area contributed by atoms with Crippen LogP contribution in [0, 0.1) is 0 Å². The number of phosphoric ester groups is 1. The molecule has 0 radical (unpaired) electrons. The number of phosphoric acid groups is 1. The molecule has 0 saturated carbocycles. The monoisotopic (exact) mass is 836 g/mol. The number of likely N-dealkylation sites (N-methyl/N-ethyl adjacent to an activating group) is 1. The molecular weight excluding hydrogens is 750 g/mol. The van der Waals surface area contributed by atoms with Crippen molar-refractivity contribution in [3.8, 4) is 0 Å². The molecule has 0 aliphatic heterocycles. The fourth-order valence-electron chi connectivity index (χ4n) is 6.01. The molecule has 0 aromatic heterocycles. The number of esters is 2. The van der Waals surface area contributed by atoms with E-state index in [9.17, 15) is 19.0 Å². The minimum atomic E-state index is -4.64. The number of hydrogen-bond donors (Lipinski definition) is 0. The smallest absolute Gasteiger partial charge is 0.306 e. The van der Waals surface area contributed by atoms with Gasteiger partial charge in [0.1, 0.15) is 19.8 Å². The van der Waals surface area contributed by atoms with E-state index >= 15 is 0 Å². The summed E-state index contributed by atoms with van der Waals surface area (Å²) in [4.78, 5) is 37.5. The summed E-state index contributed by atoms with van der Waals surface area (Å²) >= 11 is 0. The van der Waals surface area contributed by atoms with Crippen LogP contribution in [0.1, 0.15) is 181 Å². The minimum Gasteiger partial charge on any atom is -0.756 e. The number of unbranched alkanes of at least 4 members (excludes halogenated alkanes) is 20. The van der Waals surface area contributed by atoms with Gasteiger partial charge in [0.2, 0.25) is 0 Å². The molecule has 0 aliphatic rings. The Morgan fingerprint density at radius 3 is 1.53 bits per heavy atom. The van der Waals surface area contributed by atoms with E-state index in [0.29, 0.717) is 17.4 Å². The quantitative estimate of drug-likeness (QED) is 0.0149. The maximum Gasteiger partial charge on any atom is 0.306 e. The SMILES string of the molecule is CC/C=C/C=C/C=C/C=C/CCCCCC(=O)OC(COC(=O)CCCCCCCCC/C=C/CCCCCCCCCCCC)COP(=O)([O-])OCC[N+](C)(C)C. The van der Waals surface area contributed by atoms with Gasteiger partial charge in [0.15, 0.2) is 6.10 Å². The van der Waals surface area contributed by atoms with E-state index < -0.39 is 32.5 Å². The Balaban J connectivity index is 4.32. The van der Waals surface area contributed by atoms with Crippen LogP contribution in [0.15, 0.2) is 60.8 Å². The summed E-state index contributed by atoms with van der Waals surface area (Å²) < 4.78 is 33.8. The average molecular weight is 836 g/mol. The summed E-state index contributed by atoms with van der Waals surface area (Å²) in [6, 6.07) is 0. The molecule has 9 nitrogen and oxygen atoms in total. The van der Waals surface area contributed by atoms with Gasteiger partial charge in [-0.15, -0.1) is 0 Å². The van der Waals surface area contributed by atoms with Gasteiger partial charge in [-0.25, -0.2) is 0 Å². The lowest BCUT2D eigenvalue weighted by Gasteiger charge is -2.28. The van der Waals surface area contributed by atoms with Crippen molar-refractivity contribution >= 4 is 19.8 Å². The molecule has 0 aromatic carbocycles. The highest BCUT2D eigenvalue weighted by Crippen LogP contribution is 2.38. The topological polar surface area (TPSA) is 111 Å². The highest BCUT2D eigenvalue weighted by Gasteiger charge is 2.21. The van der Waals surface area contributed by atoms with Gasteiger partial charge in [0.05, 0.1) is 27.7 Å². The maximum absolute atomic E-state index is 12.6. The van der Waals surface area contributed by atoms with Crippen molar-refractivity contribution in [2.75, 3.05) is 47.5 Å². The molecule has 0 amide bonds. The molecule has 0 N–H and O–H groups in total. The third-order valence-electron chi connectivity index (χ3n) is 9.62. The summed E-state index contributed by atoms with van der Waals surface area (Å²) in [5, 5.41) is 0. The third-order valence-corrected chi connectivity index (χ3v) is 10.6. The number of ether oxygens (including phenoxy) is 2.